The zero-order chi connectivity index (χ0) is 7.68. The molecule has 0 aliphatic carbocycles. The van der Waals surface area contributed by atoms with E-state index in [-0.39, 0.29) is 11.9 Å². The lowest BCUT2D eigenvalue weighted by Gasteiger charge is -2.34. The van der Waals surface area contributed by atoms with Crippen LogP contribution in [0, 0.1) is 0 Å². The maximum Gasteiger partial charge on any atom is 0.278 e. The molecule has 2 aliphatic rings. The highest BCUT2D eigenvalue weighted by Gasteiger charge is 2.34. The molecule has 11 heavy (non-hydrogen) atoms. The lowest BCUT2D eigenvalue weighted by Crippen LogP contribution is -3.20. The smallest absolute Gasteiger partial charge is 0.278 e. The number of nitrogens with one attached hydrogen (secondary N) is 2. The van der Waals surface area contributed by atoms with Gasteiger partial charge >= 0.3 is 0 Å². The Kier molecular flexibility index (Phi) is 1.82. The molecule has 0 bridgehead atoms. The van der Waals surface area contributed by atoms with Gasteiger partial charge in [-0.2, -0.15) is 0 Å². The van der Waals surface area contributed by atoms with Crippen molar-refractivity contribution in [2.24, 2.45) is 0 Å². The second-order valence-corrected chi connectivity index (χ2v) is 3.50. The molecule has 3 heteroatoms. The second-order valence-electron chi connectivity index (χ2n) is 3.50. The highest BCUT2D eigenvalue weighted by atomic mass is 16.2. The van der Waals surface area contributed by atoms with Crippen molar-refractivity contribution in [2.75, 3.05) is 19.6 Å². The van der Waals surface area contributed by atoms with Gasteiger partial charge in [0.05, 0.1) is 19.6 Å². The highest BCUT2D eigenvalue weighted by molar-refractivity contribution is 5.80. The number of amides is 1. The lowest BCUT2D eigenvalue weighted by atomic mass is 10.00. The third-order valence-corrected chi connectivity index (χ3v) is 2.80. The fourth-order valence-corrected chi connectivity index (χ4v) is 2.16. The number of rotatable bonds is 0. The van der Waals surface area contributed by atoms with Crippen LogP contribution < -0.4 is 10.2 Å². The Morgan fingerprint density at radius 1 is 1.36 bits per heavy atom. The van der Waals surface area contributed by atoms with Gasteiger partial charge in [-0.15, -0.1) is 0 Å². The Morgan fingerprint density at radius 3 is 3.09 bits per heavy atom. The summed E-state index contributed by atoms with van der Waals surface area (Å²) >= 11 is 0. The molecule has 3 nitrogen and oxygen atoms in total. The first-order valence-corrected chi connectivity index (χ1v) is 4.50. The second kappa shape index (κ2) is 2.81. The minimum absolute atomic E-state index is 0.283. The predicted molar refractivity (Wildman–Crippen MR) is 41.3 cm³/mol. The van der Waals surface area contributed by atoms with E-state index in [0.29, 0.717) is 0 Å². The molecule has 0 aromatic rings. The van der Waals surface area contributed by atoms with Gasteiger partial charge in [-0.1, -0.05) is 0 Å². The van der Waals surface area contributed by atoms with Crippen molar-refractivity contribution in [3.8, 4) is 0 Å². The number of hydrogen-bond donors (Lipinski definition) is 2. The van der Waals surface area contributed by atoms with Crippen LogP contribution in [-0.2, 0) is 4.79 Å². The third-order valence-electron chi connectivity index (χ3n) is 2.80. The molecule has 1 unspecified atom stereocenters. The van der Waals surface area contributed by atoms with Gasteiger partial charge in [-0.25, -0.2) is 0 Å². The minimum Gasteiger partial charge on any atom is -0.345 e. The Balaban J connectivity index is 2.05. The summed E-state index contributed by atoms with van der Waals surface area (Å²) in [6.45, 7) is 3.22. The van der Waals surface area contributed by atoms with Crippen LogP contribution in [0.2, 0.25) is 0 Å². The van der Waals surface area contributed by atoms with Crippen molar-refractivity contribution in [1.82, 2.24) is 5.32 Å². The normalized spacial score (nSPS) is 37.6. The van der Waals surface area contributed by atoms with Gasteiger partial charge in [0.25, 0.3) is 5.91 Å². The number of carbonyl (C=O) groups is 1. The van der Waals surface area contributed by atoms with E-state index in [1.54, 1.807) is 0 Å². The van der Waals surface area contributed by atoms with Crippen molar-refractivity contribution in [2.45, 2.75) is 25.3 Å². The average Bonchev–Trinajstić information content (AvgIpc) is 2.06. The molecular weight excluding hydrogens is 140 g/mol. The molecule has 2 atom stereocenters. The van der Waals surface area contributed by atoms with Crippen LogP contribution in [0.3, 0.4) is 0 Å². The van der Waals surface area contributed by atoms with E-state index in [4.69, 9.17) is 0 Å². The molecule has 2 fully saturated rings. The first kappa shape index (κ1) is 7.10. The van der Waals surface area contributed by atoms with Crippen molar-refractivity contribution in [3.05, 3.63) is 0 Å². The number of quaternary nitrogens is 1. The predicted octanol–water partition coefficient (Wildman–Crippen LogP) is -1.45. The van der Waals surface area contributed by atoms with Crippen LogP contribution in [0.1, 0.15) is 19.3 Å². The number of hydrogen-bond acceptors (Lipinski definition) is 1. The van der Waals surface area contributed by atoms with E-state index >= 15 is 0 Å². The van der Waals surface area contributed by atoms with E-state index in [2.05, 4.69) is 5.32 Å². The number of piperidine rings is 1. The summed E-state index contributed by atoms with van der Waals surface area (Å²) in [7, 11) is 0. The first-order chi connectivity index (χ1) is 5.38. The molecule has 1 amide bonds. The van der Waals surface area contributed by atoms with Crippen LogP contribution >= 0.6 is 0 Å². The number of fused-ring (bicyclic) bond motifs is 1. The molecule has 2 heterocycles. The summed E-state index contributed by atoms with van der Waals surface area (Å²) in [6, 6.07) is 0.289. The molecule has 2 aliphatic heterocycles. The van der Waals surface area contributed by atoms with Crippen molar-refractivity contribution in [1.29, 1.82) is 0 Å². The number of carbonyl (C=O) groups excluding carboxylic acids is 1. The largest absolute Gasteiger partial charge is 0.345 e. The van der Waals surface area contributed by atoms with Crippen LogP contribution in [0.15, 0.2) is 0 Å². The van der Waals surface area contributed by atoms with Crippen LogP contribution in [0.25, 0.3) is 0 Å². The molecule has 62 valence electrons. The van der Waals surface area contributed by atoms with Gasteiger partial charge in [-0.05, 0) is 12.8 Å². The van der Waals surface area contributed by atoms with Crippen LogP contribution in [0.5, 0.6) is 0 Å². The molecule has 0 saturated carbocycles. The summed E-state index contributed by atoms with van der Waals surface area (Å²) in [5.41, 5.74) is 0. The standard InChI is InChI=1S/C8H14N2O/c11-8-7-3-1-2-5-10(7)6-4-9-8/h7H,1-6H2,(H,9,11)/p+1/t7-/m0/s1. The average molecular weight is 155 g/mol. The van der Waals surface area contributed by atoms with E-state index in [1.807, 2.05) is 0 Å². The highest BCUT2D eigenvalue weighted by Crippen LogP contribution is 2.04. The zero-order valence-corrected chi connectivity index (χ0v) is 6.73. The Morgan fingerprint density at radius 2 is 2.27 bits per heavy atom. The van der Waals surface area contributed by atoms with Gasteiger partial charge in [0.1, 0.15) is 0 Å². The Hall–Kier alpha value is -0.570. The minimum atomic E-state index is 0.283. The molecule has 2 N–H and O–H groups in total. The first-order valence-electron chi connectivity index (χ1n) is 4.50. The van der Waals surface area contributed by atoms with E-state index in [0.717, 1.165) is 19.5 Å². The third kappa shape index (κ3) is 1.25. The summed E-state index contributed by atoms with van der Waals surface area (Å²) in [4.78, 5) is 12.8. The fourth-order valence-electron chi connectivity index (χ4n) is 2.16. The molecular formula is C8H15N2O+. The van der Waals surface area contributed by atoms with Crippen molar-refractivity contribution >= 4 is 5.91 Å². The van der Waals surface area contributed by atoms with Crippen molar-refractivity contribution < 1.29 is 9.69 Å². The monoisotopic (exact) mass is 155 g/mol. The van der Waals surface area contributed by atoms with E-state index in [9.17, 15) is 4.79 Å². The Labute approximate surface area is 66.8 Å². The van der Waals surface area contributed by atoms with Crippen LogP contribution in [-0.4, -0.2) is 31.6 Å². The topological polar surface area (TPSA) is 33.5 Å². The summed E-state index contributed by atoms with van der Waals surface area (Å²) < 4.78 is 0. The van der Waals surface area contributed by atoms with Gasteiger partial charge in [-0.3, -0.25) is 4.79 Å². The summed E-state index contributed by atoms with van der Waals surface area (Å²) in [5, 5.41) is 2.92. The molecule has 0 aromatic carbocycles. The quantitative estimate of drug-likeness (QED) is 0.441. The molecule has 0 aromatic heterocycles. The van der Waals surface area contributed by atoms with Gasteiger partial charge in [0, 0.05) is 6.42 Å². The maximum absolute atomic E-state index is 11.3. The SMILES string of the molecule is O=C1NCC[NH+]2CCCC[C@@H]12. The zero-order valence-electron chi connectivity index (χ0n) is 6.73. The maximum atomic E-state index is 11.3. The van der Waals surface area contributed by atoms with E-state index in [1.165, 1.54) is 24.3 Å². The van der Waals surface area contributed by atoms with Gasteiger partial charge in [0.15, 0.2) is 6.04 Å². The van der Waals surface area contributed by atoms with E-state index < -0.39 is 0 Å². The summed E-state index contributed by atoms with van der Waals surface area (Å²) in [5.74, 6) is 0.283. The van der Waals surface area contributed by atoms with Crippen LogP contribution in [0.4, 0.5) is 0 Å². The molecule has 0 spiro atoms. The van der Waals surface area contributed by atoms with Gasteiger partial charge < -0.3 is 10.2 Å². The lowest BCUT2D eigenvalue weighted by molar-refractivity contribution is -0.922. The molecule has 2 rings (SSSR count). The number of piperazine rings is 1. The molecule has 0 radical (unpaired) electrons. The fraction of sp³-hybridized carbons (Fsp3) is 0.875. The molecule has 2 saturated heterocycles. The van der Waals surface area contributed by atoms with Crippen molar-refractivity contribution in [3.63, 3.8) is 0 Å². The van der Waals surface area contributed by atoms with Gasteiger partial charge in [0.2, 0.25) is 0 Å². The summed E-state index contributed by atoms with van der Waals surface area (Å²) in [6.07, 6.45) is 3.64. The Bertz CT molecular complexity index is 167.